The highest BCUT2D eigenvalue weighted by Gasteiger charge is 2.43. The monoisotopic (exact) mass is 595 g/mol. The summed E-state index contributed by atoms with van der Waals surface area (Å²) in [6.45, 7) is 14.7. The van der Waals surface area contributed by atoms with E-state index in [0.717, 1.165) is 53.6 Å². The molecule has 0 fully saturated rings. The normalized spacial score (nSPS) is 20.2. The maximum Gasteiger partial charge on any atom is 0.247 e. The van der Waals surface area contributed by atoms with E-state index in [2.05, 4.69) is 56.4 Å². The van der Waals surface area contributed by atoms with Crippen LogP contribution in [-0.4, -0.2) is 23.1 Å². The topological polar surface area (TPSA) is 82.0 Å². The van der Waals surface area contributed by atoms with Gasteiger partial charge in [0.25, 0.3) is 0 Å². The fraction of sp³-hybridized carbons (Fsp3) is 0.395. The van der Waals surface area contributed by atoms with Crippen LogP contribution in [-0.2, 0) is 4.79 Å². The van der Waals surface area contributed by atoms with E-state index in [4.69, 9.17) is 0 Å². The molecule has 0 saturated heterocycles. The van der Waals surface area contributed by atoms with E-state index in [1.807, 2.05) is 56.0 Å². The Hall–Kier alpha value is -4.03. The summed E-state index contributed by atoms with van der Waals surface area (Å²) < 4.78 is 0. The van der Waals surface area contributed by atoms with Crippen molar-refractivity contribution in [1.82, 2.24) is 5.32 Å². The molecule has 0 radical (unpaired) electrons. The number of nitrogens with zero attached hydrogens (tertiary/aromatic N) is 2. The number of aromatic hydroxyl groups is 1. The van der Waals surface area contributed by atoms with Gasteiger partial charge in [0.15, 0.2) is 0 Å². The molecule has 234 valence electrons. The van der Waals surface area contributed by atoms with Crippen molar-refractivity contribution in [2.24, 2.45) is 5.18 Å². The highest BCUT2D eigenvalue weighted by molar-refractivity contribution is 6.02. The molecule has 0 bridgehead atoms. The number of nitrogens with one attached hydrogen (secondary N) is 1. The van der Waals surface area contributed by atoms with Crippen LogP contribution in [0.4, 0.5) is 5.69 Å². The average Bonchev–Trinajstić information content (AvgIpc) is 3.09. The molecule has 2 atom stereocenters. The summed E-state index contributed by atoms with van der Waals surface area (Å²) in [5, 5.41) is 17.0. The Bertz CT molecular complexity index is 1460. The van der Waals surface area contributed by atoms with Crippen LogP contribution in [0.5, 0.6) is 5.75 Å². The Balaban J connectivity index is 2.15. The Kier molecular flexibility index (Phi) is 12.7. The first-order valence-electron chi connectivity index (χ1n) is 15.8. The van der Waals surface area contributed by atoms with Gasteiger partial charge >= 0.3 is 0 Å². The number of rotatable bonds is 13. The number of amides is 1. The number of nitroso groups, excluding NO2 is 1. The van der Waals surface area contributed by atoms with Gasteiger partial charge in [0, 0.05) is 12.2 Å². The van der Waals surface area contributed by atoms with Gasteiger partial charge in [-0.05, 0) is 118 Å². The van der Waals surface area contributed by atoms with Crippen molar-refractivity contribution in [2.45, 2.75) is 92.2 Å². The van der Waals surface area contributed by atoms with E-state index in [0.29, 0.717) is 18.7 Å². The van der Waals surface area contributed by atoms with E-state index in [-0.39, 0.29) is 17.7 Å². The third-order valence-electron chi connectivity index (χ3n) is 8.22. The van der Waals surface area contributed by atoms with Crippen LogP contribution >= 0.6 is 0 Å². The molecule has 0 saturated carbocycles. The predicted octanol–water partition coefficient (Wildman–Crippen LogP) is 9.52. The van der Waals surface area contributed by atoms with E-state index in [9.17, 15) is 14.8 Å². The first-order valence-corrected chi connectivity index (χ1v) is 15.8. The highest BCUT2D eigenvalue weighted by atomic mass is 16.3. The lowest BCUT2D eigenvalue weighted by Gasteiger charge is -2.34. The van der Waals surface area contributed by atoms with Gasteiger partial charge in [-0.3, -0.25) is 10.1 Å². The van der Waals surface area contributed by atoms with Gasteiger partial charge in [-0.15, -0.1) is 4.91 Å². The Morgan fingerprint density at radius 1 is 1.07 bits per heavy atom. The summed E-state index contributed by atoms with van der Waals surface area (Å²) in [6, 6.07) is 13.1. The van der Waals surface area contributed by atoms with E-state index in [1.54, 1.807) is 30.4 Å². The van der Waals surface area contributed by atoms with Crippen molar-refractivity contribution in [1.29, 1.82) is 0 Å². The molecular formula is C38H49N3O3. The third-order valence-corrected chi connectivity index (χ3v) is 8.22. The molecule has 2 aromatic carbocycles. The van der Waals surface area contributed by atoms with Crippen molar-refractivity contribution < 1.29 is 9.90 Å². The lowest BCUT2D eigenvalue weighted by atomic mass is 9.89. The van der Waals surface area contributed by atoms with Gasteiger partial charge in [-0.25, -0.2) is 0 Å². The molecule has 2 N–H and O–H groups in total. The molecule has 1 amide bonds. The smallest absolute Gasteiger partial charge is 0.247 e. The number of carbonyl (C=O) groups excluding carboxylic acids is 1. The molecule has 6 heteroatoms. The summed E-state index contributed by atoms with van der Waals surface area (Å²) >= 11 is 0. The summed E-state index contributed by atoms with van der Waals surface area (Å²) in [5.41, 5.74) is 6.82. The zero-order valence-electron chi connectivity index (χ0n) is 27.5. The van der Waals surface area contributed by atoms with Gasteiger partial charge in [0.05, 0.1) is 11.6 Å². The number of hydrogen-bond donors (Lipinski definition) is 2. The maximum absolute atomic E-state index is 14.7. The summed E-state index contributed by atoms with van der Waals surface area (Å²) in [4.78, 5) is 28.1. The number of carbonyl (C=O) groups is 1. The molecule has 2 unspecified atom stereocenters. The summed E-state index contributed by atoms with van der Waals surface area (Å²) in [7, 11) is 0. The van der Waals surface area contributed by atoms with E-state index in [1.165, 1.54) is 11.1 Å². The fourth-order valence-corrected chi connectivity index (χ4v) is 5.92. The number of phenols is 1. The van der Waals surface area contributed by atoms with E-state index >= 15 is 0 Å². The van der Waals surface area contributed by atoms with Crippen LogP contribution in [0.3, 0.4) is 0 Å². The van der Waals surface area contributed by atoms with Crippen molar-refractivity contribution >= 4 is 11.6 Å². The van der Waals surface area contributed by atoms with Gasteiger partial charge in [0.1, 0.15) is 11.4 Å². The lowest BCUT2D eigenvalue weighted by molar-refractivity contribution is -0.124. The number of anilines is 1. The van der Waals surface area contributed by atoms with Crippen molar-refractivity contribution in [3.05, 3.63) is 123 Å². The minimum Gasteiger partial charge on any atom is -0.508 e. The zero-order chi connectivity index (χ0) is 32.3. The molecule has 0 aromatic heterocycles. The van der Waals surface area contributed by atoms with Crippen LogP contribution in [0.1, 0.15) is 96.4 Å². The van der Waals surface area contributed by atoms with Crippen molar-refractivity contribution in [3.8, 4) is 5.75 Å². The summed E-state index contributed by atoms with van der Waals surface area (Å²) in [6.07, 6.45) is 15.9. The zero-order valence-corrected chi connectivity index (χ0v) is 27.5. The molecule has 2 aromatic rings. The van der Waals surface area contributed by atoms with Gasteiger partial charge in [0.2, 0.25) is 5.91 Å². The molecule has 0 spiro atoms. The fourth-order valence-electron chi connectivity index (χ4n) is 5.92. The van der Waals surface area contributed by atoms with Crippen LogP contribution in [0.2, 0.25) is 0 Å². The van der Waals surface area contributed by atoms with Crippen molar-refractivity contribution in [3.63, 3.8) is 0 Å². The second-order valence-corrected chi connectivity index (χ2v) is 11.8. The Labute approximate surface area is 263 Å². The number of benzene rings is 2. The highest BCUT2D eigenvalue weighted by Crippen LogP contribution is 2.39. The number of phenolic OH excluding ortho intramolecular Hbond substituents is 1. The van der Waals surface area contributed by atoms with Gasteiger partial charge in [-0.2, -0.15) is 0 Å². The first kappa shape index (κ1) is 34.5. The minimum absolute atomic E-state index is 0.0269. The second-order valence-electron chi connectivity index (χ2n) is 11.8. The summed E-state index contributed by atoms with van der Waals surface area (Å²) in [5.74, 6) is 0.170. The molecule has 3 rings (SSSR count). The van der Waals surface area contributed by atoms with Crippen LogP contribution in [0.25, 0.3) is 0 Å². The number of fused-ring (bicyclic) bond motifs is 1. The molecule has 1 aliphatic heterocycles. The number of allylic oxidation sites excluding steroid dienone is 8. The van der Waals surface area contributed by atoms with Crippen LogP contribution < -0.4 is 10.2 Å². The van der Waals surface area contributed by atoms with Gasteiger partial charge < -0.3 is 10.0 Å². The Morgan fingerprint density at radius 2 is 1.75 bits per heavy atom. The maximum atomic E-state index is 14.7. The molecule has 1 heterocycles. The average molecular weight is 596 g/mol. The SMILES string of the molecule is C\C=C/C=C(\C=C(/C)CN1C(=O)C(C)(CC/C=C(CC)\C(=C/CC)CC)NC(c2ccc(O)cc2)c2cc(C)ccc21)N=O. The number of hydrogen-bond acceptors (Lipinski definition) is 5. The lowest BCUT2D eigenvalue weighted by Crippen LogP contribution is -2.55. The predicted molar refractivity (Wildman–Crippen MR) is 184 cm³/mol. The largest absolute Gasteiger partial charge is 0.508 e. The minimum atomic E-state index is -0.904. The van der Waals surface area contributed by atoms with Gasteiger partial charge in [-0.1, -0.05) is 80.5 Å². The molecular weight excluding hydrogens is 546 g/mol. The quantitative estimate of drug-likeness (QED) is 0.178. The van der Waals surface area contributed by atoms with Crippen LogP contribution in [0, 0.1) is 11.8 Å². The second kappa shape index (κ2) is 16.2. The molecule has 44 heavy (non-hydrogen) atoms. The van der Waals surface area contributed by atoms with E-state index < -0.39 is 5.54 Å². The number of aryl methyl sites for hydroxylation is 1. The van der Waals surface area contributed by atoms with Crippen molar-refractivity contribution in [2.75, 3.05) is 11.4 Å². The third kappa shape index (κ3) is 8.54. The molecule has 6 nitrogen and oxygen atoms in total. The molecule has 0 aliphatic carbocycles. The van der Waals surface area contributed by atoms with Crippen LogP contribution in [0.15, 0.2) is 107 Å². The molecule has 1 aliphatic rings. The standard InChI is InChI=1S/C38H49N3O3/c1-8-12-16-32(40-44)24-28(6)26-41-35-22-17-27(5)25-34(35)36(31-18-20-33(42)21-19-31)39-38(7,37(41)43)23-13-15-30(11-4)29(10-3)14-9-2/h8,12,14-22,24-25,36,39,42H,9-11,13,23,26H2,1-7H3/b12-8-,28-24+,29-14-,30-15-,32-16+. The Morgan fingerprint density at radius 3 is 2.36 bits per heavy atom. The first-order chi connectivity index (χ1) is 21.1.